The van der Waals surface area contributed by atoms with Crippen molar-refractivity contribution in [2.45, 2.75) is 6.54 Å². The molecule has 0 saturated carbocycles. The van der Waals surface area contributed by atoms with Crippen molar-refractivity contribution in [2.24, 2.45) is 5.73 Å². The second kappa shape index (κ2) is 6.05. The first kappa shape index (κ1) is 15.0. The van der Waals surface area contributed by atoms with Gasteiger partial charge in [-0.15, -0.1) is 5.10 Å². The van der Waals surface area contributed by atoms with Gasteiger partial charge in [-0.25, -0.2) is 14.2 Å². The number of carbonyl (C=O) groups is 1. The highest BCUT2D eigenvalue weighted by molar-refractivity contribution is 6.30. The number of nitrogens with one attached hydrogen (secondary N) is 1. The number of nitrogens with zero attached hydrogens (tertiary/aromatic N) is 5. The van der Waals surface area contributed by atoms with Crippen LogP contribution in [0.4, 0.5) is 5.69 Å². The minimum absolute atomic E-state index is 0.0458. The van der Waals surface area contributed by atoms with Crippen LogP contribution in [0.25, 0.3) is 5.65 Å². The van der Waals surface area contributed by atoms with Crippen molar-refractivity contribution in [1.29, 1.82) is 0 Å². The Morgan fingerprint density at radius 2 is 2.04 bits per heavy atom. The van der Waals surface area contributed by atoms with Crippen molar-refractivity contribution >= 4 is 28.8 Å². The van der Waals surface area contributed by atoms with Crippen LogP contribution in [0.5, 0.6) is 0 Å². The Morgan fingerprint density at radius 1 is 1.30 bits per heavy atom. The lowest BCUT2D eigenvalue weighted by Crippen LogP contribution is -2.32. The van der Waals surface area contributed by atoms with E-state index in [1.165, 1.54) is 11.0 Å². The Kier molecular flexibility index (Phi) is 3.94. The number of aromatic nitrogens is 5. The van der Waals surface area contributed by atoms with E-state index in [1.54, 1.807) is 12.1 Å². The molecule has 1 aromatic carbocycles. The predicted octanol–water partition coefficient (Wildman–Crippen LogP) is 0.150. The van der Waals surface area contributed by atoms with E-state index < -0.39 is 11.6 Å². The van der Waals surface area contributed by atoms with Crippen LogP contribution in [0.3, 0.4) is 0 Å². The molecule has 0 saturated heterocycles. The highest BCUT2D eigenvalue weighted by Gasteiger charge is 2.14. The SMILES string of the molecule is NC(=O)c1ncn2c(=O)n(CCNc3ccc(Cl)cc3)nnc12. The smallest absolute Gasteiger partial charge is 0.353 e. The van der Waals surface area contributed by atoms with Crippen LogP contribution in [0, 0.1) is 0 Å². The number of imidazole rings is 1. The molecule has 9 nitrogen and oxygen atoms in total. The molecular weight excluding hydrogens is 322 g/mol. The first-order valence-corrected chi connectivity index (χ1v) is 7.04. The molecule has 2 heterocycles. The van der Waals surface area contributed by atoms with Gasteiger partial charge in [-0.05, 0) is 24.3 Å². The van der Waals surface area contributed by atoms with Crippen molar-refractivity contribution in [1.82, 2.24) is 24.4 Å². The van der Waals surface area contributed by atoms with E-state index in [4.69, 9.17) is 17.3 Å². The third kappa shape index (κ3) is 2.99. The van der Waals surface area contributed by atoms with Gasteiger partial charge < -0.3 is 11.1 Å². The molecule has 10 heteroatoms. The van der Waals surface area contributed by atoms with Gasteiger partial charge in [-0.2, -0.15) is 4.68 Å². The fourth-order valence-electron chi connectivity index (χ4n) is 2.02. The highest BCUT2D eigenvalue weighted by atomic mass is 35.5. The second-order valence-electron chi connectivity index (χ2n) is 4.68. The Balaban J connectivity index is 1.76. The largest absolute Gasteiger partial charge is 0.383 e. The molecule has 2 aromatic heterocycles. The molecule has 0 aliphatic carbocycles. The summed E-state index contributed by atoms with van der Waals surface area (Å²) in [4.78, 5) is 27.2. The molecule has 3 aromatic rings. The number of primary amides is 1. The molecule has 3 N–H and O–H groups in total. The van der Waals surface area contributed by atoms with Crippen molar-refractivity contribution in [2.75, 3.05) is 11.9 Å². The summed E-state index contributed by atoms with van der Waals surface area (Å²) in [6, 6.07) is 7.18. The number of fused-ring (bicyclic) bond motifs is 1. The topological polar surface area (TPSA) is 120 Å². The number of hydrogen-bond acceptors (Lipinski definition) is 6. The number of amides is 1. The van der Waals surface area contributed by atoms with E-state index in [2.05, 4.69) is 20.6 Å². The third-order valence-corrected chi connectivity index (χ3v) is 3.40. The zero-order valence-corrected chi connectivity index (χ0v) is 12.6. The molecule has 0 radical (unpaired) electrons. The van der Waals surface area contributed by atoms with Gasteiger partial charge in [0.15, 0.2) is 11.3 Å². The van der Waals surface area contributed by atoms with Gasteiger partial charge in [0.1, 0.15) is 6.33 Å². The average Bonchev–Trinajstić information content (AvgIpc) is 2.96. The van der Waals surface area contributed by atoms with Crippen LogP contribution in [0.2, 0.25) is 5.02 Å². The molecule has 1 amide bonds. The predicted molar refractivity (Wildman–Crippen MR) is 83.5 cm³/mol. The Morgan fingerprint density at radius 3 is 2.74 bits per heavy atom. The molecule has 0 spiro atoms. The van der Waals surface area contributed by atoms with E-state index in [1.807, 2.05) is 12.1 Å². The van der Waals surface area contributed by atoms with E-state index in [-0.39, 0.29) is 17.9 Å². The van der Waals surface area contributed by atoms with Crippen LogP contribution < -0.4 is 16.7 Å². The van der Waals surface area contributed by atoms with Gasteiger partial charge in [0.05, 0.1) is 6.54 Å². The summed E-state index contributed by atoms with van der Waals surface area (Å²) in [5.74, 6) is -0.761. The number of hydrogen-bond donors (Lipinski definition) is 2. The van der Waals surface area contributed by atoms with E-state index in [9.17, 15) is 9.59 Å². The summed E-state index contributed by atoms with van der Waals surface area (Å²) in [6.45, 7) is 0.744. The average molecular weight is 334 g/mol. The fraction of sp³-hybridized carbons (Fsp3) is 0.154. The standard InChI is InChI=1S/C13H12ClN7O2/c14-8-1-3-9(4-2-8)16-5-6-21-13(23)20-7-17-10(11(15)22)12(20)18-19-21/h1-4,7,16H,5-6H2,(H2,15,22). The maximum atomic E-state index is 12.2. The monoisotopic (exact) mass is 333 g/mol. The third-order valence-electron chi connectivity index (χ3n) is 3.15. The van der Waals surface area contributed by atoms with Crippen molar-refractivity contribution in [3.8, 4) is 0 Å². The summed E-state index contributed by atoms with van der Waals surface area (Å²) < 4.78 is 2.30. The summed E-state index contributed by atoms with van der Waals surface area (Å²) >= 11 is 5.81. The minimum Gasteiger partial charge on any atom is -0.383 e. The molecule has 23 heavy (non-hydrogen) atoms. The van der Waals surface area contributed by atoms with Crippen molar-refractivity contribution in [3.05, 3.63) is 51.8 Å². The van der Waals surface area contributed by atoms with E-state index in [0.717, 1.165) is 10.1 Å². The summed E-state index contributed by atoms with van der Waals surface area (Å²) in [6.07, 6.45) is 1.20. The molecule has 0 unspecified atom stereocenters. The van der Waals surface area contributed by atoms with Crippen LogP contribution in [-0.2, 0) is 6.54 Å². The van der Waals surface area contributed by atoms with Crippen LogP contribution >= 0.6 is 11.6 Å². The summed E-state index contributed by atoms with van der Waals surface area (Å²) in [5.41, 5.74) is 5.54. The van der Waals surface area contributed by atoms with Gasteiger partial charge in [-0.1, -0.05) is 16.8 Å². The zero-order valence-electron chi connectivity index (χ0n) is 11.8. The lowest BCUT2D eigenvalue weighted by molar-refractivity contribution is 0.0997. The fourth-order valence-corrected chi connectivity index (χ4v) is 2.15. The lowest BCUT2D eigenvalue weighted by Gasteiger charge is -2.07. The maximum absolute atomic E-state index is 12.2. The van der Waals surface area contributed by atoms with Crippen LogP contribution in [0.15, 0.2) is 35.4 Å². The Bertz CT molecular complexity index is 916. The molecule has 0 aliphatic heterocycles. The minimum atomic E-state index is -0.761. The van der Waals surface area contributed by atoms with E-state index >= 15 is 0 Å². The first-order chi connectivity index (χ1) is 11.1. The van der Waals surface area contributed by atoms with Crippen LogP contribution in [0.1, 0.15) is 10.5 Å². The van der Waals surface area contributed by atoms with Gasteiger partial charge in [0.25, 0.3) is 5.91 Å². The summed E-state index contributed by atoms with van der Waals surface area (Å²) in [7, 11) is 0. The number of halogens is 1. The van der Waals surface area contributed by atoms with E-state index in [0.29, 0.717) is 11.6 Å². The first-order valence-electron chi connectivity index (χ1n) is 6.66. The molecule has 118 valence electrons. The Hall–Kier alpha value is -2.94. The Labute approximate surface area is 134 Å². The van der Waals surface area contributed by atoms with Crippen molar-refractivity contribution < 1.29 is 4.79 Å². The molecule has 3 rings (SSSR count). The summed E-state index contributed by atoms with van der Waals surface area (Å²) in [5, 5.41) is 11.4. The lowest BCUT2D eigenvalue weighted by atomic mass is 10.3. The zero-order chi connectivity index (χ0) is 16.4. The normalized spacial score (nSPS) is 10.8. The molecule has 0 bridgehead atoms. The van der Waals surface area contributed by atoms with Crippen LogP contribution in [-0.4, -0.2) is 36.8 Å². The number of nitrogens with two attached hydrogens (primary N) is 1. The molecular formula is C13H12ClN7O2. The quantitative estimate of drug-likeness (QED) is 0.685. The molecule has 0 atom stereocenters. The van der Waals surface area contributed by atoms with Gasteiger partial charge in [0, 0.05) is 17.3 Å². The van der Waals surface area contributed by atoms with Gasteiger partial charge in [0.2, 0.25) is 0 Å². The van der Waals surface area contributed by atoms with Gasteiger partial charge in [-0.3, -0.25) is 4.79 Å². The number of benzene rings is 1. The number of rotatable bonds is 5. The molecule has 0 aliphatic rings. The molecule has 0 fully saturated rings. The van der Waals surface area contributed by atoms with Crippen molar-refractivity contribution in [3.63, 3.8) is 0 Å². The number of anilines is 1. The highest BCUT2D eigenvalue weighted by Crippen LogP contribution is 2.12. The van der Waals surface area contributed by atoms with Gasteiger partial charge >= 0.3 is 5.69 Å². The number of carbonyl (C=O) groups excluding carboxylic acids is 1. The maximum Gasteiger partial charge on any atom is 0.353 e. The second-order valence-corrected chi connectivity index (χ2v) is 5.12.